The zero-order valence-corrected chi connectivity index (χ0v) is 12.1. The number of rotatable bonds is 5. The molecular formula is C17H16F2O3. The summed E-state index contributed by atoms with van der Waals surface area (Å²) in [5.74, 6) is -2.41. The predicted octanol–water partition coefficient (Wildman–Crippen LogP) is 3.76. The zero-order chi connectivity index (χ0) is 16.1. The Balaban J connectivity index is 2.40. The minimum atomic E-state index is -0.720. The highest BCUT2D eigenvalue weighted by molar-refractivity contribution is 5.71. The summed E-state index contributed by atoms with van der Waals surface area (Å²) in [6.07, 6.45) is -0.0683. The van der Waals surface area contributed by atoms with Crippen LogP contribution in [0.25, 0.3) is 0 Å². The van der Waals surface area contributed by atoms with Crippen molar-refractivity contribution in [2.45, 2.75) is 19.3 Å². The van der Waals surface area contributed by atoms with Gasteiger partial charge in [-0.1, -0.05) is 18.2 Å². The minimum Gasteiger partial charge on any atom is -0.508 e. The molecule has 2 aromatic carbocycles. The van der Waals surface area contributed by atoms with E-state index in [0.717, 1.165) is 12.1 Å². The van der Waals surface area contributed by atoms with Gasteiger partial charge in [-0.2, -0.15) is 0 Å². The Morgan fingerprint density at radius 3 is 2.45 bits per heavy atom. The van der Waals surface area contributed by atoms with E-state index in [9.17, 15) is 18.7 Å². The van der Waals surface area contributed by atoms with Gasteiger partial charge in [0.05, 0.1) is 13.0 Å². The molecule has 0 unspecified atom stereocenters. The van der Waals surface area contributed by atoms with Gasteiger partial charge in [0.15, 0.2) is 0 Å². The van der Waals surface area contributed by atoms with Crippen molar-refractivity contribution in [1.82, 2.24) is 0 Å². The zero-order valence-electron chi connectivity index (χ0n) is 12.1. The highest BCUT2D eigenvalue weighted by Crippen LogP contribution is 2.31. The fraction of sp³-hybridized carbons (Fsp3) is 0.235. The lowest BCUT2D eigenvalue weighted by atomic mass is 9.88. The second kappa shape index (κ2) is 7.02. The van der Waals surface area contributed by atoms with Crippen molar-refractivity contribution in [1.29, 1.82) is 0 Å². The molecule has 0 fully saturated rings. The van der Waals surface area contributed by atoms with Gasteiger partial charge in [-0.3, -0.25) is 4.79 Å². The molecule has 1 atom stereocenters. The number of halogens is 2. The molecule has 0 amide bonds. The summed E-state index contributed by atoms with van der Waals surface area (Å²) in [6.45, 7) is 1.92. The van der Waals surface area contributed by atoms with E-state index in [4.69, 9.17) is 4.74 Å². The van der Waals surface area contributed by atoms with E-state index in [-0.39, 0.29) is 24.3 Å². The van der Waals surface area contributed by atoms with Crippen molar-refractivity contribution in [3.8, 4) is 5.75 Å². The number of aromatic hydroxyl groups is 1. The molecule has 2 aromatic rings. The molecule has 0 spiro atoms. The van der Waals surface area contributed by atoms with Crippen LogP contribution in [-0.4, -0.2) is 17.7 Å². The summed E-state index contributed by atoms with van der Waals surface area (Å²) in [5.41, 5.74) is 0.844. The summed E-state index contributed by atoms with van der Waals surface area (Å²) in [6, 6.07) is 9.36. The number of carbonyl (C=O) groups excluding carboxylic acids is 1. The minimum absolute atomic E-state index is 0.0678. The second-order valence-electron chi connectivity index (χ2n) is 4.82. The normalized spacial score (nSPS) is 12.0. The molecule has 0 saturated heterocycles. The molecule has 116 valence electrons. The Labute approximate surface area is 127 Å². The van der Waals surface area contributed by atoms with Crippen LogP contribution in [0, 0.1) is 11.6 Å². The van der Waals surface area contributed by atoms with Gasteiger partial charge in [-0.05, 0) is 36.2 Å². The molecule has 2 rings (SSSR count). The number of carbonyl (C=O) groups is 1. The third-order valence-corrected chi connectivity index (χ3v) is 3.31. The fourth-order valence-corrected chi connectivity index (χ4v) is 2.28. The molecule has 0 aliphatic rings. The van der Waals surface area contributed by atoms with Crippen LogP contribution >= 0.6 is 0 Å². The largest absolute Gasteiger partial charge is 0.508 e. The molecule has 3 nitrogen and oxygen atoms in total. The highest BCUT2D eigenvalue weighted by Gasteiger charge is 2.22. The van der Waals surface area contributed by atoms with E-state index in [1.165, 1.54) is 18.2 Å². The van der Waals surface area contributed by atoms with Crippen LogP contribution in [-0.2, 0) is 9.53 Å². The van der Waals surface area contributed by atoms with E-state index >= 15 is 0 Å². The number of hydrogen-bond donors (Lipinski definition) is 1. The molecular weight excluding hydrogens is 290 g/mol. The third kappa shape index (κ3) is 3.81. The van der Waals surface area contributed by atoms with E-state index in [1.807, 2.05) is 0 Å². The van der Waals surface area contributed by atoms with Crippen LogP contribution in [0.3, 0.4) is 0 Å². The first-order chi connectivity index (χ1) is 10.5. The van der Waals surface area contributed by atoms with E-state index in [0.29, 0.717) is 5.56 Å². The monoisotopic (exact) mass is 306 g/mol. The maximum atomic E-state index is 14.1. The average molecular weight is 306 g/mol. The summed E-state index contributed by atoms with van der Waals surface area (Å²) in [5, 5.41) is 9.35. The maximum absolute atomic E-state index is 14.1. The highest BCUT2D eigenvalue weighted by atomic mass is 19.1. The summed E-state index contributed by atoms with van der Waals surface area (Å²) < 4.78 is 32.1. The lowest BCUT2D eigenvalue weighted by Gasteiger charge is -2.18. The molecule has 0 aliphatic carbocycles. The number of benzene rings is 2. The van der Waals surface area contributed by atoms with E-state index in [1.54, 1.807) is 19.1 Å². The van der Waals surface area contributed by atoms with Crippen molar-refractivity contribution in [3.05, 3.63) is 65.2 Å². The topological polar surface area (TPSA) is 46.5 Å². The molecule has 0 aromatic heterocycles. The van der Waals surface area contributed by atoms with Gasteiger partial charge in [-0.15, -0.1) is 0 Å². The van der Waals surface area contributed by atoms with Crippen molar-refractivity contribution in [2.75, 3.05) is 6.61 Å². The number of esters is 1. The van der Waals surface area contributed by atoms with Crippen molar-refractivity contribution in [2.24, 2.45) is 0 Å². The van der Waals surface area contributed by atoms with Crippen molar-refractivity contribution in [3.63, 3.8) is 0 Å². The number of ether oxygens (including phenoxy) is 1. The quantitative estimate of drug-likeness (QED) is 0.856. The van der Waals surface area contributed by atoms with Crippen LogP contribution in [0.4, 0.5) is 8.78 Å². The summed E-state index contributed by atoms with van der Waals surface area (Å²) in [7, 11) is 0. The predicted molar refractivity (Wildman–Crippen MR) is 77.6 cm³/mol. The van der Waals surface area contributed by atoms with Gasteiger partial charge in [0.2, 0.25) is 0 Å². The first-order valence-corrected chi connectivity index (χ1v) is 6.90. The SMILES string of the molecule is CCOC(=O)C[C@H](c1ccc(O)cc1)c1ccc(F)cc1F. The maximum Gasteiger partial charge on any atom is 0.306 e. The Hall–Kier alpha value is -2.43. The van der Waals surface area contributed by atoms with Gasteiger partial charge < -0.3 is 9.84 Å². The van der Waals surface area contributed by atoms with Gasteiger partial charge in [0.1, 0.15) is 17.4 Å². The van der Waals surface area contributed by atoms with Crippen LogP contribution in [0.1, 0.15) is 30.4 Å². The molecule has 0 bridgehead atoms. The molecule has 0 radical (unpaired) electrons. The fourth-order valence-electron chi connectivity index (χ4n) is 2.28. The molecule has 1 N–H and O–H groups in total. The molecule has 5 heteroatoms. The number of hydrogen-bond acceptors (Lipinski definition) is 3. The van der Waals surface area contributed by atoms with E-state index in [2.05, 4.69) is 0 Å². The number of phenols is 1. The van der Waals surface area contributed by atoms with Gasteiger partial charge in [0, 0.05) is 12.0 Å². The molecule has 22 heavy (non-hydrogen) atoms. The van der Waals surface area contributed by atoms with Gasteiger partial charge in [-0.25, -0.2) is 8.78 Å². The lowest BCUT2D eigenvalue weighted by molar-refractivity contribution is -0.143. The van der Waals surface area contributed by atoms with Crippen LogP contribution in [0.2, 0.25) is 0 Å². The summed E-state index contributed by atoms with van der Waals surface area (Å²) in [4.78, 5) is 11.8. The van der Waals surface area contributed by atoms with Crippen LogP contribution in [0.15, 0.2) is 42.5 Å². The Morgan fingerprint density at radius 2 is 1.86 bits per heavy atom. The standard InChI is InChI=1S/C17H16F2O3/c1-2-22-17(21)10-15(11-3-6-13(20)7-4-11)14-8-5-12(18)9-16(14)19/h3-9,15,20H,2,10H2,1H3/t15-/m1/s1. The molecule has 0 saturated carbocycles. The van der Waals surface area contributed by atoms with Gasteiger partial charge >= 0.3 is 5.97 Å². The first-order valence-electron chi connectivity index (χ1n) is 6.90. The Morgan fingerprint density at radius 1 is 1.18 bits per heavy atom. The molecule has 0 aliphatic heterocycles. The lowest BCUT2D eigenvalue weighted by Crippen LogP contribution is -2.13. The van der Waals surface area contributed by atoms with Crippen molar-refractivity contribution < 1.29 is 23.4 Å². The first kappa shape index (κ1) is 15.9. The van der Waals surface area contributed by atoms with Gasteiger partial charge in [0.25, 0.3) is 0 Å². The van der Waals surface area contributed by atoms with Crippen LogP contribution in [0.5, 0.6) is 5.75 Å². The summed E-state index contributed by atoms with van der Waals surface area (Å²) >= 11 is 0. The van der Waals surface area contributed by atoms with E-state index < -0.39 is 23.5 Å². The Kier molecular flexibility index (Phi) is 5.09. The number of phenolic OH excluding ortho intramolecular Hbond substituents is 1. The molecule has 0 heterocycles. The third-order valence-electron chi connectivity index (χ3n) is 3.31. The smallest absolute Gasteiger partial charge is 0.306 e. The van der Waals surface area contributed by atoms with Crippen molar-refractivity contribution >= 4 is 5.97 Å². The Bertz CT molecular complexity index is 653. The van der Waals surface area contributed by atoms with Crippen LogP contribution < -0.4 is 0 Å². The average Bonchev–Trinajstić information content (AvgIpc) is 2.47. The second-order valence-corrected chi connectivity index (χ2v) is 4.82.